The molecule has 0 radical (unpaired) electrons. The van der Waals surface area contributed by atoms with E-state index >= 15 is 0 Å². The Balaban J connectivity index is 0.982. The molecule has 0 saturated heterocycles. The monoisotopic (exact) mass is 833 g/mol. The third kappa shape index (κ3) is 7.04. The number of hydrogen-bond acceptors (Lipinski definition) is 1. The van der Waals surface area contributed by atoms with Gasteiger partial charge < -0.3 is 4.90 Å². The molecule has 2 aliphatic carbocycles. The van der Waals surface area contributed by atoms with Gasteiger partial charge in [0.25, 0.3) is 0 Å². The molecular weight excluding hydrogens is 783 g/mol. The Morgan fingerprint density at radius 3 is 0.815 bits per heavy atom. The summed E-state index contributed by atoms with van der Waals surface area (Å²) in [6.45, 7) is 0. The van der Waals surface area contributed by atoms with Gasteiger partial charge in [-0.2, -0.15) is 0 Å². The fourth-order valence-corrected chi connectivity index (χ4v) is 11.4. The van der Waals surface area contributed by atoms with Crippen LogP contribution in [-0.2, 0) is 25.7 Å². The van der Waals surface area contributed by atoms with Crippen LogP contribution in [0.4, 0.5) is 17.1 Å². The number of benzene rings is 10. The van der Waals surface area contributed by atoms with Gasteiger partial charge in [0.2, 0.25) is 0 Å². The quantitative estimate of drug-likeness (QED) is 0.138. The van der Waals surface area contributed by atoms with Crippen LogP contribution in [0.1, 0.15) is 47.9 Å². The van der Waals surface area contributed by atoms with Crippen molar-refractivity contribution in [2.24, 2.45) is 0 Å². The van der Waals surface area contributed by atoms with E-state index in [9.17, 15) is 0 Å². The number of rotatable bonds is 8. The Bertz CT molecular complexity index is 3220. The van der Waals surface area contributed by atoms with Gasteiger partial charge in [0.1, 0.15) is 0 Å². The van der Waals surface area contributed by atoms with Gasteiger partial charge >= 0.3 is 0 Å². The van der Waals surface area contributed by atoms with E-state index in [1.807, 2.05) is 0 Å². The molecule has 0 spiro atoms. The first kappa shape index (κ1) is 39.1. The fourth-order valence-electron chi connectivity index (χ4n) is 11.4. The van der Waals surface area contributed by atoms with Crippen molar-refractivity contribution in [1.29, 1.82) is 0 Å². The lowest BCUT2D eigenvalue weighted by Gasteiger charge is -2.32. The van der Waals surface area contributed by atoms with Crippen molar-refractivity contribution in [2.75, 3.05) is 4.90 Å². The number of anilines is 3. The van der Waals surface area contributed by atoms with E-state index in [0.29, 0.717) is 0 Å². The molecule has 65 heavy (non-hydrogen) atoms. The molecular formula is C64H51N. The third-order valence-electron chi connectivity index (χ3n) is 14.3. The summed E-state index contributed by atoms with van der Waals surface area (Å²) >= 11 is 0. The summed E-state index contributed by atoms with van der Waals surface area (Å²) in [4.78, 5) is 2.43. The summed E-state index contributed by atoms with van der Waals surface area (Å²) in [5.74, 6) is 0. The van der Waals surface area contributed by atoms with E-state index < -0.39 is 0 Å². The van der Waals surface area contributed by atoms with Crippen LogP contribution in [0.2, 0.25) is 0 Å². The van der Waals surface area contributed by atoms with Crippen molar-refractivity contribution in [3.63, 3.8) is 0 Å². The molecule has 10 aromatic carbocycles. The molecule has 0 N–H and O–H groups in total. The number of fused-ring (bicyclic) bond motifs is 4. The van der Waals surface area contributed by atoms with Gasteiger partial charge in [-0.05, 0) is 187 Å². The Morgan fingerprint density at radius 1 is 0.215 bits per heavy atom. The van der Waals surface area contributed by atoms with Gasteiger partial charge in [-0.1, -0.05) is 176 Å². The smallest absolute Gasteiger partial charge is 0.0462 e. The maximum atomic E-state index is 2.43. The minimum absolute atomic E-state index is 1.13. The lowest BCUT2D eigenvalue weighted by molar-refractivity contribution is 0.662. The standard InChI is InChI=1S/C64H51N/c1-4-18-44(19-5-1)45-32-38-50(39-33-45)65(51-40-34-48(35-41-51)63-57-28-14-10-24-53(57)61(46-20-6-2-7-21-46)54-25-11-15-29-58(54)63)52-42-36-49(37-43-52)64-59-30-16-12-26-55(59)62(47-22-8-3-9-23-47)56-27-13-17-31-60(56)64/h1-11,14-15,18-25,28-29,32-43H,12-13,16-17,26-27,30-31H2. The van der Waals surface area contributed by atoms with Crippen LogP contribution in [0.25, 0.3) is 77.2 Å². The second-order valence-corrected chi connectivity index (χ2v) is 18.0. The van der Waals surface area contributed by atoms with Gasteiger partial charge in [-0.15, -0.1) is 0 Å². The fraction of sp³-hybridized carbons (Fsp3) is 0.125. The van der Waals surface area contributed by atoms with E-state index in [4.69, 9.17) is 0 Å². The SMILES string of the molecule is c1ccc(-c2ccc(N(c3ccc(-c4c5c(c(-c6ccccc6)c6c4CCCC6)CCCC5)cc3)c3ccc(-c4c5ccccc5c(-c5ccccc5)c5ccccc45)cc3)cc2)cc1. The summed E-state index contributed by atoms with van der Waals surface area (Å²) in [5, 5.41) is 5.08. The van der Waals surface area contributed by atoms with Gasteiger partial charge in [0.05, 0.1) is 0 Å². The zero-order chi connectivity index (χ0) is 43.1. The highest BCUT2D eigenvalue weighted by atomic mass is 15.1. The van der Waals surface area contributed by atoms with Crippen molar-refractivity contribution >= 4 is 38.6 Å². The highest BCUT2D eigenvalue weighted by Crippen LogP contribution is 2.48. The van der Waals surface area contributed by atoms with Crippen molar-refractivity contribution in [3.8, 4) is 55.6 Å². The average molecular weight is 834 g/mol. The minimum Gasteiger partial charge on any atom is -0.311 e. The van der Waals surface area contributed by atoms with Crippen LogP contribution in [0.5, 0.6) is 0 Å². The largest absolute Gasteiger partial charge is 0.311 e. The topological polar surface area (TPSA) is 3.24 Å². The summed E-state index contributed by atoms with van der Waals surface area (Å²) in [7, 11) is 0. The molecule has 0 aliphatic heterocycles. The highest BCUT2D eigenvalue weighted by molar-refractivity contribution is 6.21. The molecule has 0 saturated carbocycles. The van der Waals surface area contributed by atoms with Crippen LogP contribution in [-0.4, -0.2) is 0 Å². The van der Waals surface area contributed by atoms with E-state index in [2.05, 4.69) is 217 Å². The predicted molar refractivity (Wildman–Crippen MR) is 277 cm³/mol. The van der Waals surface area contributed by atoms with Gasteiger partial charge in [-0.3, -0.25) is 0 Å². The third-order valence-corrected chi connectivity index (χ3v) is 14.3. The lowest BCUT2D eigenvalue weighted by Crippen LogP contribution is -2.15. The first-order chi connectivity index (χ1) is 32.3. The summed E-state index contributed by atoms with van der Waals surface area (Å²) in [6.07, 6.45) is 9.72. The van der Waals surface area contributed by atoms with Gasteiger partial charge in [0.15, 0.2) is 0 Å². The molecule has 0 amide bonds. The molecule has 0 aromatic heterocycles. The molecule has 2 aliphatic rings. The first-order valence-electron chi connectivity index (χ1n) is 23.7. The minimum atomic E-state index is 1.13. The predicted octanol–water partition coefficient (Wildman–Crippen LogP) is 17.6. The molecule has 0 bridgehead atoms. The molecule has 1 heteroatoms. The molecule has 0 fully saturated rings. The van der Waals surface area contributed by atoms with Crippen LogP contribution in [0.3, 0.4) is 0 Å². The Labute approximate surface area is 383 Å². The number of hydrogen-bond donors (Lipinski definition) is 0. The average Bonchev–Trinajstić information content (AvgIpc) is 3.39. The Hall–Kier alpha value is -7.48. The van der Waals surface area contributed by atoms with Gasteiger partial charge in [-0.25, -0.2) is 0 Å². The Kier molecular flexibility index (Phi) is 10.2. The van der Waals surface area contributed by atoms with Crippen LogP contribution < -0.4 is 4.90 Å². The summed E-state index contributed by atoms with van der Waals surface area (Å²) in [6, 6.07) is 78.6. The molecule has 0 atom stereocenters. The summed E-state index contributed by atoms with van der Waals surface area (Å²) < 4.78 is 0. The molecule has 312 valence electrons. The van der Waals surface area contributed by atoms with Gasteiger partial charge in [0, 0.05) is 17.1 Å². The highest BCUT2D eigenvalue weighted by Gasteiger charge is 2.28. The Morgan fingerprint density at radius 2 is 0.462 bits per heavy atom. The molecule has 1 nitrogen and oxygen atoms in total. The first-order valence-corrected chi connectivity index (χ1v) is 23.7. The van der Waals surface area contributed by atoms with Crippen molar-refractivity contribution in [3.05, 3.63) is 235 Å². The van der Waals surface area contributed by atoms with Crippen molar-refractivity contribution in [1.82, 2.24) is 0 Å². The molecule has 12 rings (SSSR count). The van der Waals surface area contributed by atoms with E-state index in [-0.39, 0.29) is 0 Å². The molecule has 0 heterocycles. The molecule has 0 unspecified atom stereocenters. The maximum Gasteiger partial charge on any atom is 0.0462 e. The van der Waals surface area contributed by atoms with Crippen LogP contribution >= 0.6 is 0 Å². The van der Waals surface area contributed by atoms with Crippen molar-refractivity contribution < 1.29 is 0 Å². The van der Waals surface area contributed by atoms with Crippen LogP contribution in [0.15, 0.2) is 212 Å². The van der Waals surface area contributed by atoms with E-state index in [1.54, 1.807) is 27.8 Å². The van der Waals surface area contributed by atoms with E-state index in [0.717, 1.165) is 29.9 Å². The zero-order valence-electron chi connectivity index (χ0n) is 36.8. The van der Waals surface area contributed by atoms with Crippen LogP contribution in [0, 0.1) is 0 Å². The maximum absolute atomic E-state index is 2.43. The zero-order valence-corrected chi connectivity index (χ0v) is 36.8. The normalized spacial score (nSPS) is 13.4. The van der Waals surface area contributed by atoms with Crippen molar-refractivity contribution in [2.45, 2.75) is 51.4 Å². The number of nitrogens with zero attached hydrogens (tertiary/aromatic N) is 1. The second kappa shape index (κ2) is 16.9. The summed E-state index contributed by atoms with van der Waals surface area (Å²) in [5.41, 5.74) is 23.1. The van der Waals surface area contributed by atoms with E-state index in [1.165, 1.54) is 110 Å². The second-order valence-electron chi connectivity index (χ2n) is 18.0. The molecule has 10 aromatic rings. The lowest BCUT2D eigenvalue weighted by atomic mass is 9.73.